The molecule has 0 aliphatic carbocycles. The first-order valence-corrected chi connectivity index (χ1v) is 6.82. The second kappa shape index (κ2) is 7.17. The lowest BCUT2D eigenvalue weighted by Gasteiger charge is -2.08. The highest BCUT2D eigenvalue weighted by atomic mass is 79.9. The first-order valence-electron chi connectivity index (χ1n) is 4.54. The van der Waals surface area contributed by atoms with Crippen molar-refractivity contribution >= 4 is 38.4 Å². The number of rotatable bonds is 5. The molecule has 0 bridgehead atoms. The average molecular weight is 346 g/mol. The Hall–Kier alpha value is -0.340. The van der Waals surface area contributed by atoms with Gasteiger partial charge in [0.25, 0.3) is 0 Å². The summed E-state index contributed by atoms with van der Waals surface area (Å²) in [5.41, 5.74) is 5.23. The summed E-state index contributed by atoms with van der Waals surface area (Å²) in [6, 6.07) is 4.54. The lowest BCUT2D eigenvalue weighted by atomic mass is 10.3. The SMILES string of the molecule is COc1ccc(S(=O)(=O)NCCN)cc1Br.Cl. The minimum absolute atomic E-state index is 0. The predicted molar refractivity (Wildman–Crippen MR) is 72.2 cm³/mol. The van der Waals surface area contributed by atoms with Gasteiger partial charge in [-0.15, -0.1) is 12.4 Å². The van der Waals surface area contributed by atoms with Gasteiger partial charge in [-0.3, -0.25) is 0 Å². The molecule has 0 aliphatic rings. The Kier molecular flexibility index (Phi) is 7.03. The van der Waals surface area contributed by atoms with Gasteiger partial charge < -0.3 is 10.5 Å². The summed E-state index contributed by atoms with van der Waals surface area (Å²) in [6.45, 7) is 0.475. The highest BCUT2D eigenvalue weighted by molar-refractivity contribution is 9.10. The molecule has 0 atom stereocenters. The highest BCUT2D eigenvalue weighted by Gasteiger charge is 2.14. The lowest BCUT2D eigenvalue weighted by Crippen LogP contribution is -2.29. The summed E-state index contributed by atoms with van der Waals surface area (Å²) >= 11 is 3.23. The zero-order valence-corrected chi connectivity index (χ0v) is 12.4. The zero-order valence-electron chi connectivity index (χ0n) is 9.14. The fraction of sp³-hybridized carbons (Fsp3) is 0.333. The number of hydrogen-bond donors (Lipinski definition) is 2. The number of ether oxygens (including phenoxy) is 1. The van der Waals surface area contributed by atoms with Gasteiger partial charge in [0.05, 0.1) is 16.5 Å². The van der Waals surface area contributed by atoms with Gasteiger partial charge in [0.2, 0.25) is 10.0 Å². The fourth-order valence-electron chi connectivity index (χ4n) is 1.09. The smallest absolute Gasteiger partial charge is 0.240 e. The maximum absolute atomic E-state index is 11.7. The second-order valence-corrected chi connectivity index (χ2v) is 5.60. The van der Waals surface area contributed by atoms with E-state index in [9.17, 15) is 8.42 Å². The predicted octanol–water partition coefficient (Wildman–Crippen LogP) is 1.12. The molecule has 0 saturated carbocycles. The largest absolute Gasteiger partial charge is 0.496 e. The topological polar surface area (TPSA) is 81.4 Å². The monoisotopic (exact) mass is 344 g/mol. The van der Waals surface area contributed by atoms with Gasteiger partial charge >= 0.3 is 0 Å². The van der Waals surface area contributed by atoms with Crippen LogP contribution in [0.25, 0.3) is 0 Å². The van der Waals surface area contributed by atoms with Crippen molar-refractivity contribution in [3.63, 3.8) is 0 Å². The minimum Gasteiger partial charge on any atom is -0.496 e. The first kappa shape index (κ1) is 16.7. The molecule has 1 rings (SSSR count). The van der Waals surface area contributed by atoms with Crippen LogP contribution < -0.4 is 15.2 Å². The molecule has 0 aliphatic heterocycles. The maximum atomic E-state index is 11.7. The van der Waals surface area contributed by atoms with Crippen LogP contribution in [0.4, 0.5) is 0 Å². The third-order valence-electron chi connectivity index (χ3n) is 1.87. The Morgan fingerprint density at radius 3 is 2.59 bits per heavy atom. The molecule has 0 radical (unpaired) electrons. The van der Waals surface area contributed by atoms with Crippen LogP contribution in [0.3, 0.4) is 0 Å². The lowest BCUT2D eigenvalue weighted by molar-refractivity contribution is 0.411. The number of hydrogen-bond acceptors (Lipinski definition) is 4. The Labute approximate surface area is 115 Å². The molecule has 5 nitrogen and oxygen atoms in total. The summed E-state index contributed by atoms with van der Waals surface area (Å²) in [5, 5.41) is 0. The Morgan fingerprint density at radius 2 is 2.12 bits per heavy atom. The standard InChI is InChI=1S/C9H13BrN2O3S.ClH/c1-15-9-3-2-7(6-8(9)10)16(13,14)12-5-4-11;/h2-3,6,12H,4-5,11H2,1H3;1H. The van der Waals surface area contributed by atoms with E-state index in [1.807, 2.05) is 0 Å². The van der Waals surface area contributed by atoms with Crippen molar-refractivity contribution in [2.45, 2.75) is 4.90 Å². The van der Waals surface area contributed by atoms with Gasteiger partial charge in [-0.25, -0.2) is 13.1 Å². The van der Waals surface area contributed by atoms with E-state index >= 15 is 0 Å². The van der Waals surface area contributed by atoms with E-state index in [0.29, 0.717) is 10.2 Å². The van der Waals surface area contributed by atoms with Crippen LogP contribution >= 0.6 is 28.3 Å². The van der Waals surface area contributed by atoms with Gasteiger partial charge in [-0.1, -0.05) is 0 Å². The van der Waals surface area contributed by atoms with E-state index in [1.54, 1.807) is 6.07 Å². The molecular weight excluding hydrogens is 332 g/mol. The maximum Gasteiger partial charge on any atom is 0.240 e. The van der Waals surface area contributed by atoms with E-state index in [4.69, 9.17) is 10.5 Å². The van der Waals surface area contributed by atoms with Crippen molar-refractivity contribution in [1.82, 2.24) is 4.72 Å². The number of methoxy groups -OCH3 is 1. The van der Waals surface area contributed by atoms with Crippen LogP contribution in [0.1, 0.15) is 0 Å². The molecule has 0 spiro atoms. The van der Waals surface area contributed by atoms with E-state index in [1.165, 1.54) is 19.2 Å². The molecule has 0 aromatic heterocycles. The zero-order chi connectivity index (χ0) is 12.2. The van der Waals surface area contributed by atoms with Gasteiger partial charge in [-0.05, 0) is 34.1 Å². The van der Waals surface area contributed by atoms with Crippen molar-refractivity contribution in [1.29, 1.82) is 0 Å². The van der Waals surface area contributed by atoms with Gasteiger partial charge in [0.15, 0.2) is 0 Å². The number of sulfonamides is 1. The minimum atomic E-state index is -3.49. The molecule has 0 fully saturated rings. The molecule has 8 heteroatoms. The van der Waals surface area contributed by atoms with Crippen LogP contribution in [0.5, 0.6) is 5.75 Å². The fourth-order valence-corrected chi connectivity index (χ4v) is 2.86. The third kappa shape index (κ3) is 4.44. The number of nitrogens with one attached hydrogen (secondary N) is 1. The summed E-state index contributed by atoms with van der Waals surface area (Å²) < 4.78 is 31.4. The van der Waals surface area contributed by atoms with Crippen molar-refractivity contribution in [3.8, 4) is 5.75 Å². The highest BCUT2D eigenvalue weighted by Crippen LogP contribution is 2.27. The van der Waals surface area contributed by atoms with Gasteiger partial charge in [0.1, 0.15) is 5.75 Å². The number of nitrogens with two attached hydrogens (primary N) is 1. The number of benzene rings is 1. The molecule has 98 valence electrons. The van der Waals surface area contributed by atoms with Crippen molar-refractivity contribution in [2.24, 2.45) is 5.73 Å². The summed E-state index contributed by atoms with van der Waals surface area (Å²) in [7, 11) is -1.97. The molecule has 1 aromatic carbocycles. The molecule has 17 heavy (non-hydrogen) atoms. The average Bonchev–Trinajstić information content (AvgIpc) is 2.26. The van der Waals surface area contributed by atoms with Crippen LogP contribution in [0, 0.1) is 0 Å². The Morgan fingerprint density at radius 1 is 1.47 bits per heavy atom. The second-order valence-electron chi connectivity index (χ2n) is 2.98. The molecular formula is C9H14BrClN2O3S. The quantitative estimate of drug-likeness (QED) is 0.838. The Bertz CT molecular complexity index is 467. The van der Waals surface area contributed by atoms with Crippen molar-refractivity contribution in [2.75, 3.05) is 20.2 Å². The van der Waals surface area contributed by atoms with E-state index in [2.05, 4.69) is 20.7 Å². The van der Waals surface area contributed by atoms with Gasteiger partial charge in [0, 0.05) is 13.1 Å². The first-order chi connectivity index (χ1) is 7.51. The summed E-state index contributed by atoms with van der Waals surface area (Å²) in [6.07, 6.45) is 0. The molecule has 3 N–H and O–H groups in total. The third-order valence-corrected chi connectivity index (χ3v) is 3.95. The van der Waals surface area contributed by atoms with Crippen molar-refractivity contribution < 1.29 is 13.2 Å². The number of halogens is 2. The van der Waals surface area contributed by atoms with Gasteiger partial charge in [-0.2, -0.15) is 0 Å². The molecule has 1 aromatic rings. The van der Waals surface area contributed by atoms with Crippen LogP contribution in [-0.2, 0) is 10.0 Å². The molecule has 0 saturated heterocycles. The molecule has 0 heterocycles. The van der Waals surface area contributed by atoms with Crippen molar-refractivity contribution in [3.05, 3.63) is 22.7 Å². The van der Waals surface area contributed by atoms with Crippen LogP contribution in [-0.4, -0.2) is 28.6 Å². The normalized spacial score (nSPS) is 10.8. The molecule has 0 unspecified atom stereocenters. The Balaban J connectivity index is 0.00000256. The van der Waals surface area contributed by atoms with E-state index in [-0.39, 0.29) is 30.4 Å². The van der Waals surface area contributed by atoms with Crippen LogP contribution in [0.15, 0.2) is 27.6 Å². The molecule has 0 amide bonds. The van der Waals surface area contributed by atoms with E-state index < -0.39 is 10.0 Å². The summed E-state index contributed by atoms with van der Waals surface area (Å²) in [5.74, 6) is 0.581. The van der Waals surface area contributed by atoms with E-state index in [0.717, 1.165) is 0 Å². The van der Waals surface area contributed by atoms with Crippen LogP contribution in [0.2, 0.25) is 0 Å². The summed E-state index contributed by atoms with van der Waals surface area (Å²) in [4.78, 5) is 0.175.